The van der Waals surface area contributed by atoms with Crippen molar-refractivity contribution < 1.29 is 41.0 Å². The third-order valence-electron chi connectivity index (χ3n) is 5.37. The van der Waals surface area contributed by atoms with E-state index in [0.717, 1.165) is 0 Å². The molecule has 0 radical (unpaired) electrons. The first-order chi connectivity index (χ1) is 12.3. The van der Waals surface area contributed by atoms with Gasteiger partial charge in [-0.05, 0) is 42.9 Å². The maximum atomic E-state index is 12.9. The topological polar surface area (TPSA) is 57.6 Å². The Balaban J connectivity index is 1.82. The molecule has 1 saturated heterocycles. The molecule has 27 heavy (non-hydrogen) atoms. The van der Waals surface area contributed by atoms with E-state index in [4.69, 9.17) is 5.11 Å². The van der Waals surface area contributed by atoms with Gasteiger partial charge in [-0.25, -0.2) is 0 Å². The Bertz CT molecular complexity index is 746. The van der Waals surface area contributed by atoms with E-state index < -0.39 is 52.3 Å². The van der Waals surface area contributed by atoms with Crippen molar-refractivity contribution in [3.63, 3.8) is 0 Å². The second-order valence-corrected chi connectivity index (χ2v) is 7.04. The van der Waals surface area contributed by atoms with Crippen molar-refractivity contribution in [2.75, 3.05) is 13.1 Å². The number of nitrogens with zero attached hydrogens (tertiary/aromatic N) is 1. The van der Waals surface area contributed by atoms with Crippen LogP contribution in [0.3, 0.4) is 0 Å². The summed E-state index contributed by atoms with van der Waals surface area (Å²) < 4.78 is 77.5. The number of piperidine rings is 1. The van der Waals surface area contributed by atoms with Crippen molar-refractivity contribution in [3.8, 4) is 0 Å². The third-order valence-corrected chi connectivity index (χ3v) is 5.37. The summed E-state index contributed by atoms with van der Waals surface area (Å²) in [5.41, 5.74) is -4.17. The number of benzene rings is 1. The highest BCUT2D eigenvalue weighted by Gasteiger charge is 2.59. The number of carbonyl (C=O) groups is 2. The highest BCUT2D eigenvalue weighted by molar-refractivity contribution is 5.94. The molecule has 1 atom stereocenters. The predicted molar refractivity (Wildman–Crippen MR) is 79.8 cm³/mol. The SMILES string of the molecule is O=C(O)C1CC12CCN(C(=O)c1cc(C(F)(F)F)cc(C(F)(F)F)c1)CC2. The Labute approximate surface area is 149 Å². The lowest BCUT2D eigenvalue weighted by Gasteiger charge is -2.33. The van der Waals surface area contributed by atoms with E-state index in [-0.39, 0.29) is 19.2 Å². The van der Waals surface area contributed by atoms with Crippen LogP contribution in [-0.2, 0) is 17.1 Å². The van der Waals surface area contributed by atoms with E-state index in [9.17, 15) is 35.9 Å². The number of carbonyl (C=O) groups excluding carboxylic acids is 1. The first kappa shape index (κ1) is 19.5. The maximum absolute atomic E-state index is 12.9. The van der Waals surface area contributed by atoms with Gasteiger partial charge in [-0.2, -0.15) is 26.3 Å². The number of carboxylic acids is 1. The van der Waals surface area contributed by atoms with E-state index in [2.05, 4.69) is 0 Å². The van der Waals surface area contributed by atoms with Crippen LogP contribution in [0, 0.1) is 11.3 Å². The molecule has 2 aliphatic rings. The fourth-order valence-electron chi connectivity index (χ4n) is 3.67. The first-order valence-corrected chi connectivity index (χ1v) is 8.15. The van der Waals surface area contributed by atoms with Crippen molar-refractivity contribution in [1.82, 2.24) is 4.90 Å². The lowest BCUT2D eigenvalue weighted by atomic mass is 9.90. The summed E-state index contributed by atoms with van der Waals surface area (Å²) >= 11 is 0. The minimum absolute atomic E-state index is 0.0242. The van der Waals surface area contributed by atoms with Gasteiger partial charge >= 0.3 is 18.3 Å². The fraction of sp³-hybridized carbons (Fsp3) is 0.529. The van der Waals surface area contributed by atoms with Gasteiger partial charge < -0.3 is 10.0 Å². The van der Waals surface area contributed by atoms with Gasteiger partial charge in [0, 0.05) is 18.7 Å². The summed E-state index contributed by atoms with van der Waals surface area (Å²) in [6.45, 7) is 0.195. The first-order valence-electron chi connectivity index (χ1n) is 8.15. The number of amides is 1. The Morgan fingerprint density at radius 3 is 1.81 bits per heavy atom. The van der Waals surface area contributed by atoms with Gasteiger partial charge in [0.1, 0.15) is 0 Å². The molecule has 0 bridgehead atoms. The summed E-state index contributed by atoms with van der Waals surface area (Å²) in [5.74, 6) is -2.35. The summed E-state index contributed by atoms with van der Waals surface area (Å²) in [6.07, 6.45) is -8.84. The highest BCUT2D eigenvalue weighted by Crippen LogP contribution is 2.59. The lowest BCUT2D eigenvalue weighted by Crippen LogP contribution is -2.40. The lowest BCUT2D eigenvalue weighted by molar-refractivity contribution is -0.143. The number of hydrogen-bond donors (Lipinski definition) is 1. The average molecular weight is 395 g/mol. The predicted octanol–water partition coefficient (Wildman–Crippen LogP) is 4.05. The van der Waals surface area contributed by atoms with Crippen LogP contribution in [-0.4, -0.2) is 35.0 Å². The van der Waals surface area contributed by atoms with E-state index in [1.54, 1.807) is 0 Å². The quantitative estimate of drug-likeness (QED) is 0.769. The van der Waals surface area contributed by atoms with Gasteiger partial charge in [-0.15, -0.1) is 0 Å². The fourth-order valence-corrected chi connectivity index (χ4v) is 3.67. The number of rotatable bonds is 2. The smallest absolute Gasteiger partial charge is 0.416 e. The van der Waals surface area contributed by atoms with Gasteiger partial charge in [0.15, 0.2) is 0 Å². The molecule has 1 aromatic rings. The zero-order valence-corrected chi connectivity index (χ0v) is 13.8. The molecule has 0 aromatic heterocycles. The van der Waals surface area contributed by atoms with Crippen molar-refractivity contribution in [2.45, 2.75) is 31.6 Å². The van der Waals surface area contributed by atoms with Gasteiger partial charge in [-0.3, -0.25) is 9.59 Å². The molecule has 1 aromatic carbocycles. The van der Waals surface area contributed by atoms with Crippen LogP contribution in [0.4, 0.5) is 26.3 Å². The molecule has 148 valence electrons. The number of carboxylic acid groups (broad SMARTS) is 1. The van der Waals surface area contributed by atoms with Gasteiger partial charge in [0.05, 0.1) is 17.0 Å². The van der Waals surface area contributed by atoms with E-state index >= 15 is 0 Å². The molecule has 4 nitrogen and oxygen atoms in total. The molecule has 2 fully saturated rings. The second-order valence-electron chi connectivity index (χ2n) is 7.04. The Kier molecular flexibility index (Phi) is 4.43. The summed E-state index contributed by atoms with van der Waals surface area (Å²) in [6, 6.07) is 0.807. The number of alkyl halides is 6. The number of hydrogen-bond acceptors (Lipinski definition) is 2. The molecule has 10 heteroatoms. The summed E-state index contributed by atoms with van der Waals surface area (Å²) in [7, 11) is 0. The minimum atomic E-state index is -5.02. The highest BCUT2D eigenvalue weighted by atomic mass is 19.4. The monoisotopic (exact) mass is 395 g/mol. The maximum Gasteiger partial charge on any atom is 0.416 e. The Morgan fingerprint density at radius 1 is 0.963 bits per heavy atom. The van der Waals surface area contributed by atoms with Crippen LogP contribution in [0.25, 0.3) is 0 Å². The van der Waals surface area contributed by atoms with Crippen LogP contribution in [0.5, 0.6) is 0 Å². The molecule has 1 heterocycles. The van der Waals surface area contributed by atoms with Crippen molar-refractivity contribution in [1.29, 1.82) is 0 Å². The number of likely N-dealkylation sites (tertiary alicyclic amines) is 1. The second kappa shape index (κ2) is 6.13. The van der Waals surface area contributed by atoms with Crippen molar-refractivity contribution >= 4 is 11.9 Å². The zero-order chi connectivity index (χ0) is 20.2. The summed E-state index contributed by atoms with van der Waals surface area (Å²) in [4.78, 5) is 24.7. The normalized spacial score (nSPS) is 22.0. The molecule has 1 spiro atoms. The standard InChI is InChI=1S/C17H15F6NO3/c18-16(19,20)10-5-9(6-11(7-10)17(21,22)23)13(25)24-3-1-15(2-4-24)8-12(15)14(26)27/h5-7,12H,1-4,8H2,(H,26,27). The molecule has 1 amide bonds. The van der Waals surface area contributed by atoms with Crippen LogP contribution >= 0.6 is 0 Å². The Morgan fingerprint density at radius 2 is 1.44 bits per heavy atom. The molecular weight excluding hydrogens is 380 g/mol. The molecule has 3 rings (SSSR count). The molecule has 1 unspecified atom stereocenters. The number of halogens is 6. The van der Waals surface area contributed by atoms with E-state index in [1.807, 2.05) is 0 Å². The largest absolute Gasteiger partial charge is 0.481 e. The molecule has 1 N–H and O–H groups in total. The zero-order valence-electron chi connectivity index (χ0n) is 13.8. The van der Waals surface area contributed by atoms with Gasteiger partial charge in [0.25, 0.3) is 5.91 Å². The van der Waals surface area contributed by atoms with Crippen molar-refractivity contribution in [2.24, 2.45) is 11.3 Å². The van der Waals surface area contributed by atoms with Gasteiger partial charge in [0.2, 0.25) is 0 Å². The van der Waals surface area contributed by atoms with Crippen LogP contribution < -0.4 is 0 Å². The van der Waals surface area contributed by atoms with E-state index in [0.29, 0.717) is 31.4 Å². The van der Waals surface area contributed by atoms with Crippen LogP contribution in [0.2, 0.25) is 0 Å². The third kappa shape index (κ3) is 3.74. The van der Waals surface area contributed by atoms with Gasteiger partial charge in [-0.1, -0.05) is 0 Å². The molecular formula is C17H15F6NO3. The minimum Gasteiger partial charge on any atom is -0.481 e. The summed E-state index contributed by atoms with van der Waals surface area (Å²) in [5, 5.41) is 9.04. The number of aliphatic carboxylic acids is 1. The molecule has 1 aliphatic carbocycles. The van der Waals surface area contributed by atoms with E-state index in [1.165, 1.54) is 4.90 Å². The molecule has 1 aliphatic heterocycles. The Hall–Kier alpha value is -2.26. The van der Waals surface area contributed by atoms with Crippen LogP contribution in [0.1, 0.15) is 40.7 Å². The van der Waals surface area contributed by atoms with Crippen LogP contribution in [0.15, 0.2) is 18.2 Å². The van der Waals surface area contributed by atoms with Crippen molar-refractivity contribution in [3.05, 3.63) is 34.9 Å². The molecule has 1 saturated carbocycles. The average Bonchev–Trinajstić information content (AvgIpc) is 3.27.